The molecular weight excluding hydrogens is 314 g/mol. The molecule has 1 rings (SSSR count). The van der Waals surface area contributed by atoms with Crippen LogP contribution in [0.3, 0.4) is 0 Å². The highest BCUT2D eigenvalue weighted by Gasteiger charge is 2.09. The number of carbonyl (C=O) groups is 3. The minimum Gasteiger partial charge on any atom is -0.456 e. The van der Waals surface area contributed by atoms with Crippen molar-refractivity contribution in [1.82, 2.24) is 0 Å². The molecule has 0 radical (unpaired) electrons. The number of ketones is 1. The molecule has 0 aliphatic rings. The lowest BCUT2D eigenvalue weighted by atomic mass is 10.2. The van der Waals surface area contributed by atoms with E-state index in [9.17, 15) is 14.4 Å². The van der Waals surface area contributed by atoms with Crippen LogP contribution < -0.4 is 5.32 Å². The first-order chi connectivity index (χ1) is 8.99. The van der Waals surface area contributed by atoms with Gasteiger partial charge in [-0.1, -0.05) is 12.1 Å². The quantitative estimate of drug-likeness (QED) is 0.814. The van der Waals surface area contributed by atoms with Crippen molar-refractivity contribution in [2.24, 2.45) is 0 Å². The fraction of sp³-hybridized carbons (Fsp3) is 0.308. The Kier molecular flexibility index (Phi) is 6.21. The Morgan fingerprint density at radius 2 is 1.89 bits per heavy atom. The molecule has 19 heavy (non-hydrogen) atoms. The normalized spacial score (nSPS) is 9.79. The number of ether oxygens (including phenoxy) is 1. The Balaban J connectivity index is 2.34. The zero-order valence-corrected chi connectivity index (χ0v) is 12.0. The van der Waals surface area contributed by atoms with Crippen molar-refractivity contribution in [3.8, 4) is 0 Å². The van der Waals surface area contributed by atoms with Gasteiger partial charge in [-0.15, -0.1) is 0 Å². The standard InChI is InChI=1S/C13H14BrNO4/c1-9(16)6-7-13(18)19-8-12(17)15-11-5-3-2-4-10(11)14/h2-5H,6-8H2,1H3,(H,15,17). The topological polar surface area (TPSA) is 72.5 Å². The summed E-state index contributed by atoms with van der Waals surface area (Å²) >= 11 is 3.29. The smallest absolute Gasteiger partial charge is 0.306 e. The van der Waals surface area contributed by atoms with Gasteiger partial charge in [-0.25, -0.2) is 0 Å². The van der Waals surface area contributed by atoms with Crippen molar-refractivity contribution in [2.45, 2.75) is 19.8 Å². The van der Waals surface area contributed by atoms with Gasteiger partial charge in [-0.3, -0.25) is 9.59 Å². The number of para-hydroxylation sites is 1. The summed E-state index contributed by atoms with van der Waals surface area (Å²) in [6, 6.07) is 7.11. The molecule has 0 saturated carbocycles. The Labute approximate surface area is 119 Å². The lowest BCUT2D eigenvalue weighted by molar-refractivity contribution is -0.148. The lowest BCUT2D eigenvalue weighted by Gasteiger charge is -2.07. The van der Waals surface area contributed by atoms with E-state index >= 15 is 0 Å². The van der Waals surface area contributed by atoms with Gasteiger partial charge in [-0.2, -0.15) is 0 Å². The van der Waals surface area contributed by atoms with Crippen LogP contribution in [0.5, 0.6) is 0 Å². The number of amides is 1. The third-order valence-corrected chi connectivity index (χ3v) is 2.88. The molecule has 1 N–H and O–H groups in total. The van der Waals surface area contributed by atoms with E-state index in [-0.39, 0.29) is 25.2 Å². The molecule has 0 spiro atoms. The Hall–Kier alpha value is -1.69. The summed E-state index contributed by atoms with van der Waals surface area (Å²) in [5.41, 5.74) is 0.604. The van der Waals surface area contributed by atoms with Crippen molar-refractivity contribution in [3.05, 3.63) is 28.7 Å². The molecule has 1 amide bonds. The van der Waals surface area contributed by atoms with Crippen LogP contribution in [0, 0.1) is 0 Å². The Morgan fingerprint density at radius 1 is 1.21 bits per heavy atom. The first kappa shape index (κ1) is 15.4. The predicted molar refractivity (Wildman–Crippen MR) is 73.6 cm³/mol. The maximum absolute atomic E-state index is 11.5. The Bertz CT molecular complexity index is 487. The van der Waals surface area contributed by atoms with Gasteiger partial charge in [0.25, 0.3) is 5.91 Å². The summed E-state index contributed by atoms with van der Waals surface area (Å²) in [5.74, 6) is -1.07. The SMILES string of the molecule is CC(=O)CCC(=O)OCC(=O)Nc1ccccc1Br. The van der Waals surface area contributed by atoms with Crippen LogP contribution in [0.4, 0.5) is 5.69 Å². The van der Waals surface area contributed by atoms with Crippen molar-refractivity contribution in [3.63, 3.8) is 0 Å². The molecule has 0 aliphatic carbocycles. The summed E-state index contributed by atoms with van der Waals surface area (Å²) in [6.07, 6.45) is 0.127. The predicted octanol–water partition coefficient (Wildman–Crippen LogP) is 2.30. The van der Waals surface area contributed by atoms with Gasteiger partial charge in [0, 0.05) is 10.9 Å². The molecule has 0 fully saturated rings. The van der Waals surface area contributed by atoms with Gasteiger partial charge in [0.1, 0.15) is 5.78 Å². The van der Waals surface area contributed by atoms with Crippen LogP contribution in [-0.2, 0) is 19.1 Å². The van der Waals surface area contributed by atoms with Crippen molar-refractivity contribution in [2.75, 3.05) is 11.9 Å². The second-order valence-electron chi connectivity index (χ2n) is 3.89. The monoisotopic (exact) mass is 327 g/mol. The van der Waals surface area contributed by atoms with E-state index in [2.05, 4.69) is 21.2 Å². The fourth-order valence-corrected chi connectivity index (χ4v) is 1.63. The van der Waals surface area contributed by atoms with Gasteiger partial charge in [0.05, 0.1) is 12.1 Å². The number of anilines is 1. The molecular formula is C13H14BrNO4. The number of hydrogen-bond donors (Lipinski definition) is 1. The van der Waals surface area contributed by atoms with E-state index in [1.165, 1.54) is 6.92 Å². The van der Waals surface area contributed by atoms with Gasteiger partial charge in [0.2, 0.25) is 0 Å². The number of carbonyl (C=O) groups excluding carboxylic acids is 3. The average Bonchev–Trinajstić information content (AvgIpc) is 2.36. The van der Waals surface area contributed by atoms with Gasteiger partial charge in [0.15, 0.2) is 6.61 Å². The molecule has 0 heterocycles. The van der Waals surface area contributed by atoms with Crippen LogP contribution in [-0.4, -0.2) is 24.3 Å². The van der Waals surface area contributed by atoms with E-state index in [0.29, 0.717) is 5.69 Å². The van der Waals surface area contributed by atoms with Crippen LogP contribution in [0.15, 0.2) is 28.7 Å². The number of nitrogens with one attached hydrogen (secondary N) is 1. The molecule has 0 atom stereocenters. The van der Waals surface area contributed by atoms with Gasteiger partial charge >= 0.3 is 5.97 Å². The van der Waals surface area contributed by atoms with E-state index in [4.69, 9.17) is 4.74 Å². The van der Waals surface area contributed by atoms with E-state index in [1.54, 1.807) is 18.2 Å². The first-order valence-electron chi connectivity index (χ1n) is 5.68. The van der Waals surface area contributed by atoms with Crippen LogP contribution in [0.2, 0.25) is 0 Å². The number of rotatable bonds is 6. The minimum absolute atomic E-state index is 0.00234. The van der Waals surface area contributed by atoms with Crippen molar-refractivity contribution < 1.29 is 19.1 Å². The number of esters is 1. The molecule has 6 heteroatoms. The summed E-state index contributed by atoms with van der Waals surface area (Å²) in [5, 5.41) is 2.60. The maximum Gasteiger partial charge on any atom is 0.306 e. The highest BCUT2D eigenvalue weighted by Crippen LogP contribution is 2.20. The largest absolute Gasteiger partial charge is 0.456 e. The van der Waals surface area contributed by atoms with Crippen LogP contribution in [0.25, 0.3) is 0 Å². The average molecular weight is 328 g/mol. The minimum atomic E-state index is -0.558. The summed E-state index contributed by atoms with van der Waals surface area (Å²) in [4.78, 5) is 33.4. The first-order valence-corrected chi connectivity index (χ1v) is 6.48. The van der Waals surface area contributed by atoms with E-state index in [1.807, 2.05) is 6.07 Å². The lowest BCUT2D eigenvalue weighted by Crippen LogP contribution is -2.21. The summed E-state index contributed by atoms with van der Waals surface area (Å²) in [7, 11) is 0. The molecule has 0 saturated heterocycles. The van der Waals surface area contributed by atoms with Crippen molar-refractivity contribution in [1.29, 1.82) is 0 Å². The molecule has 0 bridgehead atoms. The van der Waals surface area contributed by atoms with Crippen LogP contribution in [0.1, 0.15) is 19.8 Å². The summed E-state index contributed by atoms with van der Waals surface area (Å²) < 4.78 is 5.49. The molecule has 1 aromatic carbocycles. The highest BCUT2D eigenvalue weighted by atomic mass is 79.9. The highest BCUT2D eigenvalue weighted by molar-refractivity contribution is 9.10. The van der Waals surface area contributed by atoms with E-state index in [0.717, 1.165) is 4.47 Å². The van der Waals surface area contributed by atoms with Crippen LogP contribution >= 0.6 is 15.9 Å². The molecule has 0 aromatic heterocycles. The third kappa shape index (κ3) is 6.15. The summed E-state index contributed by atoms with van der Waals surface area (Å²) in [6.45, 7) is 1.03. The molecule has 5 nitrogen and oxygen atoms in total. The second-order valence-corrected chi connectivity index (χ2v) is 4.75. The van der Waals surface area contributed by atoms with Crippen molar-refractivity contribution >= 4 is 39.3 Å². The Morgan fingerprint density at radius 3 is 2.53 bits per heavy atom. The maximum atomic E-state index is 11.5. The fourth-order valence-electron chi connectivity index (χ4n) is 1.25. The van der Waals surface area contributed by atoms with Gasteiger partial charge in [-0.05, 0) is 35.0 Å². The second kappa shape index (κ2) is 7.68. The third-order valence-electron chi connectivity index (χ3n) is 2.19. The van der Waals surface area contributed by atoms with Gasteiger partial charge < -0.3 is 14.8 Å². The molecule has 102 valence electrons. The number of Topliss-reactive ketones (excluding diaryl/α,β-unsaturated/α-hetero) is 1. The zero-order valence-electron chi connectivity index (χ0n) is 10.4. The number of halogens is 1. The molecule has 0 aliphatic heterocycles. The molecule has 1 aromatic rings. The zero-order chi connectivity index (χ0) is 14.3. The number of hydrogen-bond acceptors (Lipinski definition) is 4. The molecule has 0 unspecified atom stereocenters. The van der Waals surface area contributed by atoms with E-state index < -0.39 is 11.9 Å². The number of benzene rings is 1.